The van der Waals surface area contributed by atoms with Crippen LogP contribution in [0.25, 0.3) is 27.7 Å². The van der Waals surface area contributed by atoms with E-state index in [2.05, 4.69) is 11.1 Å². The van der Waals surface area contributed by atoms with Gasteiger partial charge in [-0.2, -0.15) is 5.01 Å². The Morgan fingerprint density at radius 3 is 2.46 bits per heavy atom. The molecule has 1 saturated heterocycles. The minimum atomic E-state index is -0.325. The van der Waals surface area contributed by atoms with E-state index in [4.69, 9.17) is 4.74 Å². The molecule has 0 atom stereocenters. The summed E-state index contributed by atoms with van der Waals surface area (Å²) in [7, 11) is 1.65. The third kappa shape index (κ3) is 3.54. The van der Waals surface area contributed by atoms with Crippen molar-refractivity contribution in [2.75, 3.05) is 7.11 Å². The van der Waals surface area contributed by atoms with Gasteiger partial charge in [0.1, 0.15) is 5.75 Å². The van der Waals surface area contributed by atoms with Crippen LogP contribution < -0.4 is 4.74 Å². The van der Waals surface area contributed by atoms with Crippen molar-refractivity contribution in [1.82, 2.24) is 19.6 Å². The van der Waals surface area contributed by atoms with E-state index in [0.717, 1.165) is 44.0 Å². The molecule has 35 heavy (non-hydrogen) atoms. The number of imidazole rings is 1. The first-order valence-corrected chi connectivity index (χ1v) is 11.4. The largest absolute Gasteiger partial charge is 0.497 e. The van der Waals surface area contributed by atoms with Crippen LogP contribution in [0.5, 0.6) is 5.75 Å². The topological polar surface area (TPSA) is 84.7 Å². The van der Waals surface area contributed by atoms with E-state index in [-0.39, 0.29) is 37.1 Å². The Labute approximate surface area is 201 Å². The van der Waals surface area contributed by atoms with E-state index < -0.39 is 0 Å². The predicted octanol–water partition coefficient (Wildman–Crippen LogP) is 4.11. The van der Waals surface area contributed by atoms with Crippen molar-refractivity contribution in [2.45, 2.75) is 25.8 Å². The molecule has 3 amide bonds. The van der Waals surface area contributed by atoms with Crippen LogP contribution in [0, 0.1) is 0 Å². The van der Waals surface area contributed by atoms with Crippen LogP contribution in [0.4, 0.5) is 0 Å². The Morgan fingerprint density at radius 1 is 0.886 bits per heavy atom. The first-order valence-electron chi connectivity index (χ1n) is 11.4. The Morgan fingerprint density at radius 2 is 1.66 bits per heavy atom. The van der Waals surface area contributed by atoms with Crippen molar-refractivity contribution in [3.05, 3.63) is 78.2 Å². The molecular weight excluding hydrogens is 444 g/mol. The SMILES string of the molecule is COc1ccc2cc(-c3cn(-c4ccc5c(c4)CN(N4C(=O)CCCC4=O)C5=O)cn3)ccc2c1. The molecule has 6 rings (SSSR count). The second-order valence-corrected chi connectivity index (χ2v) is 8.75. The third-order valence-corrected chi connectivity index (χ3v) is 6.59. The average Bonchev–Trinajstić information content (AvgIpc) is 3.48. The van der Waals surface area contributed by atoms with Gasteiger partial charge in [0.2, 0.25) is 11.8 Å². The highest BCUT2D eigenvalue weighted by molar-refractivity contribution is 6.04. The van der Waals surface area contributed by atoms with Crippen LogP contribution in [-0.4, -0.2) is 44.4 Å². The summed E-state index contributed by atoms with van der Waals surface area (Å²) in [4.78, 5) is 42.1. The number of ether oxygens (including phenoxy) is 1. The van der Waals surface area contributed by atoms with Crippen LogP contribution in [-0.2, 0) is 16.1 Å². The van der Waals surface area contributed by atoms with Gasteiger partial charge in [0.05, 0.1) is 25.7 Å². The number of hydrazine groups is 1. The summed E-state index contributed by atoms with van der Waals surface area (Å²) in [5, 5.41) is 4.47. The maximum absolute atomic E-state index is 12.9. The second-order valence-electron chi connectivity index (χ2n) is 8.75. The highest BCUT2D eigenvalue weighted by atomic mass is 16.5. The molecule has 2 aliphatic heterocycles. The molecule has 0 spiro atoms. The van der Waals surface area contributed by atoms with Gasteiger partial charge in [-0.05, 0) is 59.2 Å². The van der Waals surface area contributed by atoms with Gasteiger partial charge in [0.15, 0.2) is 0 Å². The molecule has 0 N–H and O–H groups in total. The number of aromatic nitrogens is 2. The monoisotopic (exact) mass is 466 g/mol. The van der Waals surface area contributed by atoms with Gasteiger partial charge in [0, 0.05) is 35.9 Å². The fourth-order valence-corrected chi connectivity index (χ4v) is 4.75. The molecular formula is C27H22N4O4. The normalized spacial score (nSPS) is 15.7. The summed E-state index contributed by atoms with van der Waals surface area (Å²) in [6, 6.07) is 17.6. The zero-order valence-electron chi connectivity index (χ0n) is 19.1. The summed E-state index contributed by atoms with van der Waals surface area (Å²) in [6.07, 6.45) is 4.76. The number of fused-ring (bicyclic) bond motifs is 2. The molecule has 3 heterocycles. The van der Waals surface area contributed by atoms with E-state index in [1.54, 1.807) is 19.5 Å². The molecule has 3 aromatic carbocycles. The van der Waals surface area contributed by atoms with Crippen molar-refractivity contribution >= 4 is 28.5 Å². The number of methoxy groups -OCH3 is 1. The number of carbonyl (C=O) groups is 3. The first kappa shape index (κ1) is 21.1. The minimum absolute atomic E-state index is 0.190. The molecule has 0 unspecified atom stereocenters. The highest BCUT2D eigenvalue weighted by Gasteiger charge is 2.39. The number of hydrogen-bond acceptors (Lipinski definition) is 5. The number of piperidine rings is 1. The quantitative estimate of drug-likeness (QED) is 0.423. The van der Waals surface area contributed by atoms with Crippen LogP contribution in [0.3, 0.4) is 0 Å². The average molecular weight is 466 g/mol. The standard InChI is InChI=1S/C27H22N4O4/c1-35-22-9-7-17-11-19(6-5-18(17)13-22)24-15-29(16-28-24)21-8-10-23-20(12-21)14-30(27(23)34)31-25(32)3-2-4-26(31)33/h5-13,15-16H,2-4,14H2,1H3. The molecule has 8 heteroatoms. The van der Waals surface area contributed by atoms with E-state index in [9.17, 15) is 14.4 Å². The third-order valence-electron chi connectivity index (χ3n) is 6.59. The van der Waals surface area contributed by atoms with Gasteiger partial charge >= 0.3 is 0 Å². The fourth-order valence-electron chi connectivity index (χ4n) is 4.75. The number of amides is 3. The molecule has 0 radical (unpaired) electrons. The Bertz CT molecular complexity index is 1510. The number of hydrogen-bond donors (Lipinski definition) is 0. The summed E-state index contributed by atoms with van der Waals surface area (Å²) in [5.41, 5.74) is 3.94. The lowest BCUT2D eigenvalue weighted by atomic mass is 10.1. The Balaban J connectivity index is 1.28. The second kappa shape index (κ2) is 8.09. The zero-order valence-corrected chi connectivity index (χ0v) is 19.1. The van der Waals surface area contributed by atoms with Gasteiger partial charge in [-0.3, -0.25) is 14.4 Å². The molecule has 2 aliphatic rings. The van der Waals surface area contributed by atoms with Crippen molar-refractivity contribution < 1.29 is 19.1 Å². The molecule has 0 bridgehead atoms. The van der Waals surface area contributed by atoms with E-state index in [0.29, 0.717) is 12.0 Å². The Hall–Kier alpha value is -4.46. The highest BCUT2D eigenvalue weighted by Crippen LogP contribution is 2.30. The first-order chi connectivity index (χ1) is 17.0. The molecule has 0 aliphatic carbocycles. The van der Waals surface area contributed by atoms with E-state index in [1.165, 1.54) is 5.01 Å². The van der Waals surface area contributed by atoms with Crippen molar-refractivity contribution in [3.8, 4) is 22.7 Å². The zero-order chi connectivity index (χ0) is 24.1. The lowest BCUT2D eigenvalue weighted by Crippen LogP contribution is -2.51. The molecule has 1 fully saturated rings. The van der Waals surface area contributed by atoms with Crippen LogP contribution >= 0.6 is 0 Å². The number of carbonyl (C=O) groups excluding carboxylic acids is 3. The summed E-state index contributed by atoms with van der Waals surface area (Å²) < 4.78 is 7.20. The maximum atomic E-state index is 12.9. The Kier molecular flexibility index (Phi) is 4.88. The smallest absolute Gasteiger partial charge is 0.273 e. The number of rotatable bonds is 4. The maximum Gasteiger partial charge on any atom is 0.273 e. The number of nitrogens with zero attached hydrogens (tertiary/aromatic N) is 4. The van der Waals surface area contributed by atoms with Crippen molar-refractivity contribution in [3.63, 3.8) is 0 Å². The van der Waals surface area contributed by atoms with Gasteiger partial charge in [-0.1, -0.05) is 18.2 Å². The predicted molar refractivity (Wildman–Crippen MR) is 129 cm³/mol. The summed E-state index contributed by atoms with van der Waals surface area (Å²) in [6.45, 7) is 0.190. The minimum Gasteiger partial charge on any atom is -0.497 e. The molecule has 1 aromatic heterocycles. The van der Waals surface area contributed by atoms with Crippen LogP contribution in [0.2, 0.25) is 0 Å². The van der Waals surface area contributed by atoms with E-state index >= 15 is 0 Å². The molecule has 174 valence electrons. The van der Waals surface area contributed by atoms with Crippen LogP contribution in [0.15, 0.2) is 67.1 Å². The van der Waals surface area contributed by atoms with E-state index in [1.807, 2.05) is 53.2 Å². The number of benzene rings is 3. The molecule has 0 saturated carbocycles. The lowest BCUT2D eigenvalue weighted by molar-refractivity contribution is -0.163. The summed E-state index contributed by atoms with van der Waals surface area (Å²) >= 11 is 0. The van der Waals surface area contributed by atoms with Gasteiger partial charge in [-0.15, -0.1) is 0 Å². The van der Waals surface area contributed by atoms with Crippen molar-refractivity contribution in [2.24, 2.45) is 0 Å². The number of imide groups is 1. The summed E-state index contributed by atoms with van der Waals surface area (Å²) in [5.74, 6) is -0.155. The van der Waals surface area contributed by atoms with Crippen LogP contribution in [0.1, 0.15) is 35.2 Å². The van der Waals surface area contributed by atoms with Gasteiger partial charge < -0.3 is 9.30 Å². The lowest BCUT2D eigenvalue weighted by Gasteiger charge is -2.32. The van der Waals surface area contributed by atoms with Gasteiger partial charge in [-0.25, -0.2) is 9.99 Å². The van der Waals surface area contributed by atoms with Crippen molar-refractivity contribution in [1.29, 1.82) is 0 Å². The van der Waals surface area contributed by atoms with Gasteiger partial charge in [0.25, 0.3) is 5.91 Å². The fraction of sp³-hybridized carbons (Fsp3) is 0.185. The molecule has 8 nitrogen and oxygen atoms in total. The molecule has 4 aromatic rings.